The first-order chi connectivity index (χ1) is 8.94. The summed E-state index contributed by atoms with van der Waals surface area (Å²) in [6, 6.07) is -0.633. The van der Waals surface area contributed by atoms with Crippen LogP contribution >= 0.6 is 0 Å². The monoisotopic (exact) mass is 285 g/mol. The molecule has 20 heavy (non-hydrogen) atoms. The van der Waals surface area contributed by atoms with Crippen molar-refractivity contribution in [2.75, 3.05) is 6.54 Å². The Hall–Kier alpha value is -2.12. The highest BCUT2D eigenvalue weighted by molar-refractivity contribution is 6.08. The maximum Gasteiger partial charge on any atom is 0.325 e. The van der Waals surface area contributed by atoms with Gasteiger partial charge in [-0.15, -0.1) is 0 Å². The first kappa shape index (κ1) is 15.9. The van der Waals surface area contributed by atoms with Crippen molar-refractivity contribution in [1.29, 1.82) is 0 Å². The summed E-state index contributed by atoms with van der Waals surface area (Å²) in [6.45, 7) is 5.75. The van der Waals surface area contributed by atoms with Crippen molar-refractivity contribution in [3.63, 3.8) is 0 Å². The number of carboxylic acids is 1. The minimum Gasteiger partial charge on any atom is -0.481 e. The highest BCUT2D eigenvalue weighted by Gasteiger charge is 2.45. The molecule has 0 bridgehead atoms. The molecule has 1 heterocycles. The van der Waals surface area contributed by atoms with E-state index < -0.39 is 41.4 Å². The maximum absolute atomic E-state index is 11.9. The van der Waals surface area contributed by atoms with E-state index in [-0.39, 0.29) is 6.42 Å². The summed E-state index contributed by atoms with van der Waals surface area (Å²) in [5.41, 5.74) is -1.99. The van der Waals surface area contributed by atoms with Gasteiger partial charge in [-0.1, -0.05) is 0 Å². The maximum atomic E-state index is 11.9. The molecule has 0 aromatic heterocycles. The Labute approximate surface area is 116 Å². The zero-order valence-electron chi connectivity index (χ0n) is 11.9. The highest BCUT2D eigenvalue weighted by atomic mass is 16.4. The average molecular weight is 285 g/mol. The van der Waals surface area contributed by atoms with E-state index in [1.54, 1.807) is 27.7 Å². The van der Waals surface area contributed by atoms with Gasteiger partial charge in [0.15, 0.2) is 0 Å². The van der Waals surface area contributed by atoms with E-state index in [1.807, 2.05) is 0 Å². The van der Waals surface area contributed by atoms with Gasteiger partial charge < -0.3 is 15.7 Å². The van der Waals surface area contributed by atoms with Crippen LogP contribution < -0.4 is 10.6 Å². The fourth-order valence-electron chi connectivity index (χ4n) is 1.94. The zero-order valence-corrected chi connectivity index (χ0v) is 11.9. The van der Waals surface area contributed by atoms with Gasteiger partial charge in [0.1, 0.15) is 12.1 Å². The number of rotatable bonds is 5. The molecule has 0 unspecified atom stereocenters. The van der Waals surface area contributed by atoms with Crippen LogP contribution in [0.1, 0.15) is 34.1 Å². The molecule has 1 aliphatic heterocycles. The Morgan fingerprint density at radius 1 is 1.35 bits per heavy atom. The fraction of sp³-hybridized carbons (Fsp3) is 0.667. The molecule has 0 aliphatic carbocycles. The van der Waals surface area contributed by atoms with Gasteiger partial charge in [-0.3, -0.25) is 19.3 Å². The molecule has 0 radical (unpaired) electrons. The van der Waals surface area contributed by atoms with Crippen molar-refractivity contribution in [3.8, 4) is 0 Å². The number of carbonyl (C=O) groups is 4. The Morgan fingerprint density at radius 2 is 1.90 bits per heavy atom. The molecule has 112 valence electrons. The molecule has 0 aromatic carbocycles. The van der Waals surface area contributed by atoms with Crippen molar-refractivity contribution in [2.24, 2.45) is 0 Å². The van der Waals surface area contributed by atoms with Gasteiger partial charge in [-0.25, -0.2) is 4.79 Å². The largest absolute Gasteiger partial charge is 0.481 e. The smallest absolute Gasteiger partial charge is 0.325 e. The van der Waals surface area contributed by atoms with Gasteiger partial charge in [0.05, 0.1) is 6.42 Å². The normalized spacial score (nSPS) is 17.9. The van der Waals surface area contributed by atoms with Gasteiger partial charge in [-0.2, -0.15) is 0 Å². The standard InChI is InChI=1S/C12H19N3O5/c1-11(2,5-8(17)18)13-7(16)6-15-9(19)12(3,4)14-10(15)20/h5-6H2,1-4H3,(H,13,16)(H,14,20)(H,17,18). The lowest BCUT2D eigenvalue weighted by Gasteiger charge is -2.25. The number of carbonyl (C=O) groups excluding carboxylic acids is 3. The summed E-state index contributed by atoms with van der Waals surface area (Å²) < 4.78 is 0. The number of hydrogen-bond donors (Lipinski definition) is 3. The van der Waals surface area contributed by atoms with E-state index in [4.69, 9.17) is 5.11 Å². The second-order valence-corrected chi connectivity index (χ2v) is 5.95. The van der Waals surface area contributed by atoms with Gasteiger partial charge in [0, 0.05) is 5.54 Å². The van der Waals surface area contributed by atoms with Crippen LogP contribution in [-0.4, -0.2) is 51.4 Å². The van der Waals surface area contributed by atoms with Crippen LogP contribution in [0.15, 0.2) is 0 Å². The number of nitrogens with zero attached hydrogens (tertiary/aromatic N) is 1. The van der Waals surface area contributed by atoms with Gasteiger partial charge in [0.25, 0.3) is 5.91 Å². The van der Waals surface area contributed by atoms with Crippen molar-refractivity contribution in [1.82, 2.24) is 15.5 Å². The number of imide groups is 1. The van der Waals surface area contributed by atoms with E-state index in [1.165, 1.54) is 0 Å². The number of nitrogens with one attached hydrogen (secondary N) is 2. The number of urea groups is 1. The molecule has 0 atom stereocenters. The van der Waals surface area contributed by atoms with E-state index in [0.717, 1.165) is 4.90 Å². The molecular weight excluding hydrogens is 266 g/mol. The van der Waals surface area contributed by atoms with Crippen LogP contribution in [0.2, 0.25) is 0 Å². The van der Waals surface area contributed by atoms with Crippen molar-refractivity contribution in [2.45, 2.75) is 45.2 Å². The lowest BCUT2D eigenvalue weighted by Crippen LogP contribution is -2.50. The lowest BCUT2D eigenvalue weighted by molar-refractivity contribution is -0.139. The molecule has 1 aliphatic rings. The van der Waals surface area contributed by atoms with Crippen molar-refractivity contribution >= 4 is 23.8 Å². The summed E-state index contributed by atoms with van der Waals surface area (Å²) in [5.74, 6) is -2.13. The minimum absolute atomic E-state index is 0.260. The lowest BCUT2D eigenvalue weighted by atomic mass is 10.0. The SMILES string of the molecule is CC(C)(CC(=O)O)NC(=O)CN1C(=O)NC(C)(C)C1=O. The van der Waals surface area contributed by atoms with Crippen LogP contribution in [0.4, 0.5) is 4.79 Å². The highest BCUT2D eigenvalue weighted by Crippen LogP contribution is 2.16. The Balaban J connectivity index is 2.66. The Morgan fingerprint density at radius 3 is 2.30 bits per heavy atom. The van der Waals surface area contributed by atoms with Crippen molar-refractivity contribution < 1.29 is 24.3 Å². The molecule has 1 fully saturated rings. The molecule has 0 spiro atoms. The molecular formula is C12H19N3O5. The molecule has 0 saturated carbocycles. The first-order valence-corrected chi connectivity index (χ1v) is 6.11. The molecule has 1 rings (SSSR count). The van der Waals surface area contributed by atoms with E-state index in [0.29, 0.717) is 0 Å². The summed E-state index contributed by atoms with van der Waals surface area (Å²) in [5, 5.41) is 13.7. The average Bonchev–Trinajstić information content (AvgIpc) is 2.37. The summed E-state index contributed by atoms with van der Waals surface area (Å²) in [4.78, 5) is 46.8. The van der Waals surface area contributed by atoms with Gasteiger partial charge >= 0.3 is 12.0 Å². The van der Waals surface area contributed by atoms with Crippen LogP contribution in [0.3, 0.4) is 0 Å². The topological polar surface area (TPSA) is 116 Å². The molecule has 8 heteroatoms. The Kier molecular flexibility index (Phi) is 4.07. The van der Waals surface area contributed by atoms with E-state index >= 15 is 0 Å². The Bertz CT molecular complexity index is 470. The second kappa shape index (κ2) is 5.10. The first-order valence-electron chi connectivity index (χ1n) is 6.11. The second-order valence-electron chi connectivity index (χ2n) is 5.95. The molecule has 3 N–H and O–H groups in total. The van der Waals surface area contributed by atoms with Crippen LogP contribution in [0.5, 0.6) is 0 Å². The number of carboxylic acid groups (broad SMARTS) is 1. The number of aliphatic carboxylic acids is 1. The van der Waals surface area contributed by atoms with Crippen LogP contribution in [0.25, 0.3) is 0 Å². The number of amides is 4. The van der Waals surface area contributed by atoms with Crippen LogP contribution in [-0.2, 0) is 14.4 Å². The van der Waals surface area contributed by atoms with Gasteiger partial charge in [0.2, 0.25) is 5.91 Å². The predicted octanol–water partition coefficient (Wildman–Crippen LogP) is -0.314. The quantitative estimate of drug-likeness (QED) is 0.599. The third-order valence-corrected chi connectivity index (χ3v) is 2.82. The third-order valence-electron chi connectivity index (χ3n) is 2.82. The summed E-state index contributed by atoms with van der Waals surface area (Å²) in [7, 11) is 0. The molecule has 8 nitrogen and oxygen atoms in total. The zero-order chi connectivity index (χ0) is 15.7. The van der Waals surface area contributed by atoms with E-state index in [2.05, 4.69) is 10.6 Å². The number of hydrogen-bond acceptors (Lipinski definition) is 4. The van der Waals surface area contributed by atoms with Gasteiger partial charge in [-0.05, 0) is 27.7 Å². The molecule has 0 aromatic rings. The fourth-order valence-corrected chi connectivity index (χ4v) is 1.94. The summed E-state index contributed by atoms with van der Waals surface area (Å²) >= 11 is 0. The van der Waals surface area contributed by atoms with Crippen molar-refractivity contribution in [3.05, 3.63) is 0 Å². The molecule has 1 saturated heterocycles. The summed E-state index contributed by atoms with van der Waals surface area (Å²) in [6.07, 6.45) is -0.260. The molecule has 4 amide bonds. The third kappa shape index (κ3) is 3.69. The predicted molar refractivity (Wildman–Crippen MR) is 68.8 cm³/mol. The van der Waals surface area contributed by atoms with E-state index in [9.17, 15) is 19.2 Å². The minimum atomic E-state index is -1.05. The van der Waals surface area contributed by atoms with Crippen LogP contribution in [0, 0.1) is 0 Å².